The van der Waals surface area contributed by atoms with Crippen LogP contribution in [-0.4, -0.2) is 19.7 Å². The summed E-state index contributed by atoms with van der Waals surface area (Å²) in [7, 11) is 0. The summed E-state index contributed by atoms with van der Waals surface area (Å²) in [5.74, 6) is 0. The molecule has 90 valence electrons. The minimum absolute atomic E-state index is 0.127. The van der Waals surface area contributed by atoms with Gasteiger partial charge in [-0.3, -0.25) is 14.6 Å². The van der Waals surface area contributed by atoms with Crippen molar-refractivity contribution < 1.29 is 0 Å². The van der Waals surface area contributed by atoms with Crippen LogP contribution in [-0.2, 0) is 13.0 Å². The van der Waals surface area contributed by atoms with Crippen LogP contribution in [0.4, 0.5) is 0 Å². The van der Waals surface area contributed by atoms with Gasteiger partial charge in [-0.15, -0.1) is 0 Å². The Kier molecular flexibility index (Phi) is 3.49. The van der Waals surface area contributed by atoms with Gasteiger partial charge in [0.1, 0.15) is 0 Å². The van der Waals surface area contributed by atoms with Crippen LogP contribution >= 0.6 is 0 Å². The highest BCUT2D eigenvalue weighted by molar-refractivity contribution is 5.12. The standard InChI is InChI=1S/C12H17N5/c1-3-17-8-10(6-16-17)4-11(13)12-7-14-9(2)5-15-12/h5-8,11H,3-4,13H2,1-2H3. The molecule has 1 unspecified atom stereocenters. The van der Waals surface area contributed by atoms with Gasteiger partial charge < -0.3 is 5.73 Å². The number of aromatic nitrogens is 4. The quantitative estimate of drug-likeness (QED) is 0.859. The first-order chi connectivity index (χ1) is 8.19. The third kappa shape index (κ3) is 2.88. The highest BCUT2D eigenvalue weighted by Gasteiger charge is 2.10. The van der Waals surface area contributed by atoms with Crippen molar-refractivity contribution in [3.63, 3.8) is 0 Å². The number of hydrogen-bond donors (Lipinski definition) is 1. The summed E-state index contributed by atoms with van der Waals surface area (Å²) in [4.78, 5) is 8.49. The molecular weight excluding hydrogens is 214 g/mol. The van der Waals surface area contributed by atoms with Crippen LogP contribution in [0.25, 0.3) is 0 Å². The van der Waals surface area contributed by atoms with Gasteiger partial charge in [0.25, 0.3) is 0 Å². The molecule has 0 aromatic carbocycles. The summed E-state index contributed by atoms with van der Waals surface area (Å²) < 4.78 is 1.89. The largest absolute Gasteiger partial charge is 0.322 e. The molecule has 0 aliphatic heterocycles. The molecule has 2 aromatic heterocycles. The van der Waals surface area contributed by atoms with E-state index in [9.17, 15) is 0 Å². The maximum atomic E-state index is 6.09. The van der Waals surface area contributed by atoms with Crippen molar-refractivity contribution in [1.29, 1.82) is 0 Å². The lowest BCUT2D eigenvalue weighted by atomic mass is 10.1. The molecule has 0 spiro atoms. The van der Waals surface area contributed by atoms with Crippen LogP contribution in [0.3, 0.4) is 0 Å². The van der Waals surface area contributed by atoms with E-state index in [0.29, 0.717) is 0 Å². The van der Waals surface area contributed by atoms with Gasteiger partial charge in [0, 0.05) is 18.9 Å². The fourth-order valence-corrected chi connectivity index (χ4v) is 1.64. The molecule has 0 radical (unpaired) electrons. The molecule has 2 aromatic rings. The first-order valence-electron chi connectivity index (χ1n) is 5.74. The number of aryl methyl sites for hydroxylation is 2. The minimum atomic E-state index is -0.127. The lowest BCUT2D eigenvalue weighted by Crippen LogP contribution is -2.15. The fraction of sp³-hybridized carbons (Fsp3) is 0.417. The van der Waals surface area contributed by atoms with Gasteiger partial charge in [0.15, 0.2) is 0 Å². The van der Waals surface area contributed by atoms with E-state index in [1.165, 1.54) is 0 Å². The van der Waals surface area contributed by atoms with E-state index in [4.69, 9.17) is 5.73 Å². The Morgan fingerprint density at radius 1 is 1.29 bits per heavy atom. The molecule has 0 fully saturated rings. The van der Waals surface area contributed by atoms with Crippen LogP contribution in [0.5, 0.6) is 0 Å². The topological polar surface area (TPSA) is 69.6 Å². The molecular formula is C12H17N5. The summed E-state index contributed by atoms with van der Waals surface area (Å²) in [6, 6.07) is -0.127. The lowest BCUT2D eigenvalue weighted by Gasteiger charge is -2.09. The SMILES string of the molecule is CCn1cc(CC(N)c2cnc(C)cn2)cn1. The average molecular weight is 231 g/mol. The predicted octanol–water partition coefficient (Wildman–Crippen LogP) is 1.24. The summed E-state index contributed by atoms with van der Waals surface area (Å²) in [5, 5.41) is 4.22. The van der Waals surface area contributed by atoms with Crippen molar-refractivity contribution in [2.75, 3.05) is 0 Å². The Hall–Kier alpha value is -1.75. The van der Waals surface area contributed by atoms with Crippen molar-refractivity contribution in [2.45, 2.75) is 32.9 Å². The van der Waals surface area contributed by atoms with Gasteiger partial charge in [-0.1, -0.05) is 0 Å². The smallest absolute Gasteiger partial charge is 0.0757 e. The fourth-order valence-electron chi connectivity index (χ4n) is 1.64. The van der Waals surface area contributed by atoms with E-state index >= 15 is 0 Å². The third-order valence-corrected chi connectivity index (χ3v) is 2.65. The molecule has 0 saturated heterocycles. The van der Waals surface area contributed by atoms with E-state index in [1.54, 1.807) is 12.4 Å². The van der Waals surface area contributed by atoms with Gasteiger partial charge in [-0.2, -0.15) is 5.10 Å². The molecule has 5 nitrogen and oxygen atoms in total. The predicted molar refractivity (Wildman–Crippen MR) is 65.3 cm³/mol. The second-order valence-corrected chi connectivity index (χ2v) is 4.10. The Bertz CT molecular complexity index is 474. The van der Waals surface area contributed by atoms with E-state index in [1.807, 2.05) is 24.0 Å². The van der Waals surface area contributed by atoms with Crippen molar-refractivity contribution in [1.82, 2.24) is 19.7 Å². The molecule has 0 aliphatic carbocycles. The lowest BCUT2D eigenvalue weighted by molar-refractivity contribution is 0.655. The molecule has 2 rings (SSSR count). The minimum Gasteiger partial charge on any atom is -0.322 e. The van der Waals surface area contributed by atoms with Crippen LogP contribution in [0, 0.1) is 6.92 Å². The molecule has 5 heteroatoms. The highest BCUT2D eigenvalue weighted by atomic mass is 15.3. The van der Waals surface area contributed by atoms with Gasteiger partial charge in [-0.05, 0) is 25.8 Å². The van der Waals surface area contributed by atoms with Crippen LogP contribution in [0.2, 0.25) is 0 Å². The number of nitrogens with two attached hydrogens (primary N) is 1. The Balaban J connectivity index is 2.05. The molecule has 0 bridgehead atoms. The molecule has 2 N–H and O–H groups in total. The molecule has 1 atom stereocenters. The average Bonchev–Trinajstić information content (AvgIpc) is 2.77. The van der Waals surface area contributed by atoms with Crippen LogP contribution in [0.15, 0.2) is 24.8 Å². The Labute approximate surface area is 101 Å². The van der Waals surface area contributed by atoms with Crippen molar-refractivity contribution >= 4 is 0 Å². The number of nitrogens with zero attached hydrogens (tertiary/aromatic N) is 4. The van der Waals surface area contributed by atoms with Crippen LogP contribution in [0.1, 0.15) is 29.9 Å². The number of rotatable bonds is 4. The monoisotopic (exact) mass is 231 g/mol. The van der Waals surface area contributed by atoms with E-state index in [-0.39, 0.29) is 6.04 Å². The zero-order valence-corrected chi connectivity index (χ0v) is 10.2. The summed E-state index contributed by atoms with van der Waals surface area (Å²) >= 11 is 0. The summed E-state index contributed by atoms with van der Waals surface area (Å²) in [6.07, 6.45) is 8.08. The van der Waals surface area contributed by atoms with Crippen molar-refractivity contribution in [3.05, 3.63) is 41.7 Å². The zero-order chi connectivity index (χ0) is 12.3. The van der Waals surface area contributed by atoms with E-state index < -0.39 is 0 Å². The molecule has 0 aliphatic rings. The van der Waals surface area contributed by atoms with Crippen molar-refractivity contribution in [2.24, 2.45) is 5.73 Å². The molecule has 2 heterocycles. The first-order valence-corrected chi connectivity index (χ1v) is 5.74. The maximum Gasteiger partial charge on any atom is 0.0757 e. The molecule has 0 saturated carbocycles. The van der Waals surface area contributed by atoms with Crippen LogP contribution < -0.4 is 5.73 Å². The van der Waals surface area contributed by atoms with Gasteiger partial charge in [0.2, 0.25) is 0 Å². The summed E-state index contributed by atoms with van der Waals surface area (Å²) in [5.41, 5.74) is 8.94. The second-order valence-electron chi connectivity index (χ2n) is 4.10. The Morgan fingerprint density at radius 3 is 2.71 bits per heavy atom. The number of hydrogen-bond acceptors (Lipinski definition) is 4. The third-order valence-electron chi connectivity index (χ3n) is 2.65. The maximum absolute atomic E-state index is 6.09. The summed E-state index contributed by atoms with van der Waals surface area (Å²) in [6.45, 7) is 4.84. The molecule has 0 amide bonds. The molecule has 17 heavy (non-hydrogen) atoms. The highest BCUT2D eigenvalue weighted by Crippen LogP contribution is 2.12. The zero-order valence-electron chi connectivity index (χ0n) is 10.2. The van der Waals surface area contributed by atoms with Gasteiger partial charge >= 0.3 is 0 Å². The van der Waals surface area contributed by atoms with E-state index in [2.05, 4.69) is 22.0 Å². The first kappa shape index (κ1) is 11.7. The van der Waals surface area contributed by atoms with Gasteiger partial charge in [-0.25, -0.2) is 0 Å². The second kappa shape index (κ2) is 5.05. The van der Waals surface area contributed by atoms with Crippen molar-refractivity contribution in [3.8, 4) is 0 Å². The Morgan fingerprint density at radius 2 is 2.12 bits per heavy atom. The normalized spacial score (nSPS) is 12.6. The van der Waals surface area contributed by atoms with Gasteiger partial charge in [0.05, 0.1) is 29.8 Å². The van der Waals surface area contributed by atoms with E-state index in [0.717, 1.165) is 29.9 Å².